The highest BCUT2D eigenvalue weighted by Gasteiger charge is 2.71. The van der Waals surface area contributed by atoms with Gasteiger partial charge in [0.1, 0.15) is 5.60 Å². The summed E-state index contributed by atoms with van der Waals surface area (Å²) in [7, 11) is 0. The Balaban J connectivity index is 0.000000107. The van der Waals surface area contributed by atoms with E-state index in [1.165, 1.54) is 100 Å². The van der Waals surface area contributed by atoms with Crippen molar-refractivity contribution in [3.05, 3.63) is 230 Å². The summed E-state index contributed by atoms with van der Waals surface area (Å²) < 4.78 is 5.49. The number of nitrogens with zero attached hydrogens (tertiary/aromatic N) is 8. The molecule has 742 valence electrons. The first kappa shape index (κ1) is 97.4. The highest BCUT2D eigenvalue weighted by molar-refractivity contribution is 5.87. The first-order chi connectivity index (χ1) is 66.0. The summed E-state index contributed by atoms with van der Waals surface area (Å²) in [5.74, 6) is 3.53. The molecule has 139 heavy (non-hydrogen) atoms. The second-order valence-corrected chi connectivity index (χ2v) is 47.2. The number of benzene rings is 6. The molecule has 6 aliphatic carbocycles. The molecule has 25 nitrogen and oxygen atoms in total. The van der Waals surface area contributed by atoms with Gasteiger partial charge in [-0.05, 0) is 279 Å². The minimum absolute atomic E-state index is 0.00815. The maximum atomic E-state index is 12.8. The van der Waals surface area contributed by atoms with Gasteiger partial charge < -0.3 is 56.0 Å². The quantitative estimate of drug-likeness (QED) is 0.0852. The number of nitro groups is 2. The number of carbonyl (C=O) groups excluding carboxylic acids is 7. The van der Waals surface area contributed by atoms with E-state index in [9.17, 15) is 63.7 Å². The number of carboxylic acid groups (broad SMARTS) is 1. The standard InChI is InChI=1S/C22H30N2O3.C19H24N2O3.C19H26N2O.C19H23NO3.C18H22N2O3.C17H22N2O/c1-13-6-7-16-15(10-13)8-9-24-18(25)11-17-19(14(2)12-22(16,17)24)23-20(26)27-21(3,4)5;1-12-5-6-16-14(8-12)4-3-7-20-18(22)9-17-15(11-21(23)24)13(2)10-19(16,17)20;1-12-5-6-16-14(8-12)4-3-7-21-18(22)9-17-15(11-20)13(2)10-19(16,17)21;1-11-5-6-14-13(8-11)4-3-7-20-16(21)9-15-17(18(22)23)12(2)10-19(14,15)20;1-11-3-4-15-13(7-11)5-6-19-17(21)8-16-14(10-20(22)23)12(2)9-18(15,16)19;1-10-3-4-13-12(7-10)5-6-19-15(20)8-14-16(18)11(2)9-17(13,14)19/h6-7,10,14,17,19H,8-9,11-12H2,1-5H3,(H,23,26);5-6,8,13,15,17H,3-4,7,9-11H2,1-2H3;5-6,8,13,15,17H,3-4,7,9-11,20H2,1-2H3;5-6,8,12,15,17H,3-4,7,9-10H2,1-2H3,(H,22,23);3-4,7,12,14,16H,5-6,8-10H2,1-2H3;3-4,7,11,14,16H,5-6,8-9,18H2,1-2H3/t14-,17-,19+,22-;2*13-,15+,17-,19?;12-,15-,17+,19?;12-,14+,16-,18-;11-,14-,16+,17-/m000000/s1. The highest BCUT2D eigenvalue weighted by Crippen LogP contribution is 2.67. The van der Waals surface area contributed by atoms with E-state index in [0.29, 0.717) is 86.5 Å². The summed E-state index contributed by atoms with van der Waals surface area (Å²) in [5, 5.41) is 35.2. The maximum absolute atomic E-state index is 12.8. The number of amides is 7. The van der Waals surface area contributed by atoms with Crippen LogP contribution in [0, 0.1) is 156 Å². The van der Waals surface area contributed by atoms with Crippen molar-refractivity contribution in [2.45, 2.75) is 290 Å². The lowest BCUT2D eigenvalue weighted by Crippen LogP contribution is -2.51. The normalized spacial score (nSPS) is 35.2. The maximum Gasteiger partial charge on any atom is 0.407 e. The second-order valence-electron chi connectivity index (χ2n) is 47.2. The van der Waals surface area contributed by atoms with Gasteiger partial charge in [-0.1, -0.05) is 184 Å². The van der Waals surface area contributed by atoms with Crippen molar-refractivity contribution in [1.82, 2.24) is 34.7 Å². The van der Waals surface area contributed by atoms with Crippen LogP contribution < -0.4 is 16.8 Å². The molecule has 0 bridgehead atoms. The van der Waals surface area contributed by atoms with Crippen molar-refractivity contribution in [2.75, 3.05) is 58.9 Å². The number of hydrogen-bond acceptors (Lipinski definition) is 15. The summed E-state index contributed by atoms with van der Waals surface area (Å²) in [6.07, 6.45) is 17.1. The van der Waals surface area contributed by atoms with E-state index in [2.05, 4.69) is 210 Å². The largest absolute Gasteiger partial charge is 0.481 e. The molecule has 6 N–H and O–H groups in total. The Morgan fingerprint density at radius 1 is 0.388 bits per heavy atom. The topological polar surface area (TPSA) is 336 Å². The predicted octanol–water partition coefficient (Wildman–Crippen LogP) is 16.3. The van der Waals surface area contributed by atoms with Crippen LogP contribution in [0.2, 0.25) is 0 Å². The van der Waals surface area contributed by atoms with Gasteiger partial charge in [0, 0.05) is 141 Å². The fourth-order valence-corrected chi connectivity index (χ4v) is 33.1. The van der Waals surface area contributed by atoms with Crippen molar-refractivity contribution in [3.8, 4) is 0 Å². The Bertz CT molecular complexity index is 5970. The summed E-state index contributed by atoms with van der Waals surface area (Å²) >= 11 is 0. The van der Waals surface area contributed by atoms with Crippen molar-refractivity contribution in [2.24, 2.45) is 106 Å². The SMILES string of the molecule is Cc1ccc2c(c1)CCCN1C(=O)C[C@H]3[C@H](C(=O)O)[C@@H](C)CC231.Cc1ccc2c(c1)CCCN1C(=O)C[C@H]3[C@H](CN)[C@@H](C)CC231.Cc1ccc2c(c1)CCCN1C(=O)C[C@H]3[C@H](C[N+](=O)[O-])[C@@H](C)CC231.Cc1ccc2c(c1)CCN1C(=O)C[C@H]3[C@H](C[N+](=O)[O-])[C@@H](C)C[C@]231.Cc1ccc2c(c1)CCN1C(=O)C[C@H]3[C@H](N)[C@@H](C)C[C@]231.Cc1ccc2c(c1)CCN1C(=O)C[C@H]3[C@H](NC(=O)OC(C)(C)C)[C@@H](C)C[C@]231. The molecule has 7 amide bonds. The van der Waals surface area contributed by atoms with E-state index in [-0.39, 0.29) is 157 Å². The van der Waals surface area contributed by atoms with Crippen molar-refractivity contribution in [3.63, 3.8) is 0 Å². The molecule has 12 aliphatic heterocycles. The van der Waals surface area contributed by atoms with Crippen LogP contribution in [-0.2, 0) is 110 Å². The van der Waals surface area contributed by atoms with Gasteiger partial charge in [-0.3, -0.25) is 53.8 Å². The molecular formula is C114H147N11O14. The van der Waals surface area contributed by atoms with Crippen LogP contribution in [0.25, 0.3) is 0 Å². The number of nitrogens with two attached hydrogens (primary N) is 2. The van der Waals surface area contributed by atoms with E-state index >= 15 is 0 Å². The van der Waals surface area contributed by atoms with Crippen molar-refractivity contribution < 1.29 is 58.0 Å². The van der Waals surface area contributed by atoms with Crippen LogP contribution in [0.5, 0.6) is 0 Å². The molecule has 25 heteroatoms. The van der Waals surface area contributed by atoms with Crippen LogP contribution in [0.3, 0.4) is 0 Å². The third kappa shape index (κ3) is 15.7. The second kappa shape index (κ2) is 36.2. The third-order valence-electron chi connectivity index (χ3n) is 38.1. The van der Waals surface area contributed by atoms with Gasteiger partial charge in [0.15, 0.2) is 0 Å². The first-order valence-corrected chi connectivity index (χ1v) is 52.4. The average molecular weight is 1900 g/mol. The van der Waals surface area contributed by atoms with Crippen molar-refractivity contribution in [1.29, 1.82) is 0 Å². The fourth-order valence-electron chi connectivity index (χ4n) is 33.1. The van der Waals surface area contributed by atoms with Gasteiger partial charge in [0.2, 0.25) is 48.5 Å². The zero-order valence-electron chi connectivity index (χ0n) is 84.5. The molecule has 6 aromatic rings. The zero-order chi connectivity index (χ0) is 98.9. The number of aryl methyl sites for hydroxylation is 9. The number of fused-ring (bicyclic) bond motifs is 6. The summed E-state index contributed by atoms with van der Waals surface area (Å²) in [6, 6.07) is 39.9. The van der Waals surface area contributed by atoms with Crippen molar-refractivity contribution >= 4 is 47.5 Å². The number of rotatable bonds is 7. The van der Waals surface area contributed by atoms with Crippen LogP contribution in [0.15, 0.2) is 109 Å². The predicted molar refractivity (Wildman–Crippen MR) is 530 cm³/mol. The Hall–Kier alpha value is -10.4. The first-order valence-electron chi connectivity index (χ1n) is 52.4. The van der Waals surface area contributed by atoms with E-state index in [1.54, 1.807) is 0 Å². The molecule has 12 fully saturated rings. The molecule has 12 heterocycles. The third-order valence-corrected chi connectivity index (χ3v) is 38.1. The Morgan fingerprint density at radius 3 is 0.986 bits per heavy atom. The number of ether oxygens (including phenoxy) is 1. The molecule has 3 unspecified atom stereocenters. The zero-order valence-corrected chi connectivity index (χ0v) is 84.5. The van der Waals surface area contributed by atoms with Gasteiger partial charge >= 0.3 is 12.1 Å². The molecular weight excluding hydrogens is 1750 g/mol. The lowest BCUT2D eigenvalue weighted by molar-refractivity contribution is -0.491. The number of aliphatic carboxylic acids is 1. The Morgan fingerprint density at radius 2 is 0.655 bits per heavy atom. The number of alkyl carbamates (subject to hydrolysis) is 1. The Labute approximate surface area is 819 Å². The van der Waals surface area contributed by atoms with Crippen LogP contribution >= 0.6 is 0 Å². The molecule has 6 saturated heterocycles. The van der Waals surface area contributed by atoms with Crippen LogP contribution in [0.4, 0.5) is 4.79 Å². The molecule has 6 spiro atoms. The minimum atomic E-state index is -0.744. The molecule has 0 radical (unpaired) electrons. The summed E-state index contributed by atoms with van der Waals surface area (Å²) in [6.45, 7) is 36.8. The number of carboxylic acids is 1. The number of nitrogens with one attached hydrogen (secondary N) is 1. The lowest BCUT2D eigenvalue weighted by Gasteiger charge is -2.44. The van der Waals surface area contributed by atoms with Crippen LogP contribution in [-0.4, -0.2) is 168 Å². The molecule has 24 rings (SSSR count). The monoisotopic (exact) mass is 1890 g/mol. The Kier molecular flexibility index (Phi) is 25.4. The molecule has 0 aromatic heterocycles. The van der Waals surface area contributed by atoms with Gasteiger partial charge in [-0.15, -0.1) is 0 Å². The fraction of sp³-hybridized carbons (Fsp3) is 0.614. The smallest absolute Gasteiger partial charge is 0.407 e. The van der Waals surface area contributed by atoms with Crippen LogP contribution in [0.1, 0.15) is 259 Å². The van der Waals surface area contributed by atoms with Gasteiger partial charge in [-0.25, -0.2) is 4.79 Å². The molecule has 24 atom stereocenters. The summed E-state index contributed by atoms with van der Waals surface area (Å²) in [5.41, 5.74) is 34.2. The lowest BCUT2D eigenvalue weighted by atomic mass is 9.74. The highest BCUT2D eigenvalue weighted by atomic mass is 16.6. The average Bonchev–Trinajstić information content (AvgIpc) is 1.55. The van der Waals surface area contributed by atoms with Gasteiger partial charge in [0.25, 0.3) is 0 Å². The molecule has 6 saturated carbocycles. The van der Waals surface area contributed by atoms with E-state index in [1.807, 2.05) is 37.5 Å². The van der Waals surface area contributed by atoms with E-state index < -0.39 is 17.5 Å². The van der Waals surface area contributed by atoms with E-state index in [4.69, 9.17) is 16.2 Å². The minimum Gasteiger partial charge on any atom is -0.481 e. The number of hydrogen-bond donors (Lipinski definition) is 4. The molecule has 6 aromatic carbocycles. The van der Waals surface area contributed by atoms with Gasteiger partial charge in [-0.2, -0.15) is 0 Å². The summed E-state index contributed by atoms with van der Waals surface area (Å²) in [4.78, 5) is 135. The van der Waals surface area contributed by atoms with Gasteiger partial charge in [0.05, 0.1) is 39.2 Å². The number of carbonyl (C=O) groups is 8. The van der Waals surface area contributed by atoms with E-state index in [0.717, 1.165) is 136 Å². The molecule has 18 aliphatic rings.